The van der Waals surface area contributed by atoms with Gasteiger partial charge in [0.1, 0.15) is 0 Å². The van der Waals surface area contributed by atoms with Crippen molar-refractivity contribution in [1.82, 2.24) is 4.90 Å². The number of benzene rings is 1. The summed E-state index contributed by atoms with van der Waals surface area (Å²) in [5, 5.41) is 0.786. The summed E-state index contributed by atoms with van der Waals surface area (Å²) in [7, 11) is 1.71. The van der Waals surface area contributed by atoms with Crippen LogP contribution in [0.25, 0.3) is 0 Å². The van der Waals surface area contributed by atoms with Gasteiger partial charge in [-0.15, -0.1) is 0 Å². The number of nitrogens with zero attached hydrogens (tertiary/aromatic N) is 1. The molecule has 94 valence electrons. The number of rotatable bonds is 3. The lowest BCUT2D eigenvalue weighted by Gasteiger charge is -2.16. The van der Waals surface area contributed by atoms with E-state index in [0.29, 0.717) is 17.1 Å². The molecule has 5 heteroatoms. The van der Waals surface area contributed by atoms with Crippen molar-refractivity contribution in [2.75, 3.05) is 7.05 Å². The second-order valence-electron chi connectivity index (χ2n) is 3.90. The first kappa shape index (κ1) is 13.0. The van der Waals surface area contributed by atoms with Crippen LogP contribution < -0.4 is 0 Å². The van der Waals surface area contributed by atoms with Crippen LogP contribution in [-0.4, -0.2) is 17.9 Å². The minimum atomic E-state index is -0.177. The second-order valence-corrected chi connectivity index (χ2v) is 4.68. The zero-order chi connectivity index (χ0) is 13.1. The van der Waals surface area contributed by atoms with Crippen LogP contribution in [0.2, 0.25) is 10.2 Å². The normalized spacial score (nSPS) is 10.4. The zero-order valence-corrected chi connectivity index (χ0v) is 11.2. The van der Waals surface area contributed by atoms with Gasteiger partial charge in [0.25, 0.3) is 5.91 Å². The molecule has 18 heavy (non-hydrogen) atoms. The van der Waals surface area contributed by atoms with Crippen molar-refractivity contribution in [2.45, 2.75) is 6.54 Å². The lowest BCUT2D eigenvalue weighted by Crippen LogP contribution is -2.26. The third kappa shape index (κ3) is 2.86. The highest BCUT2D eigenvalue weighted by atomic mass is 35.5. The van der Waals surface area contributed by atoms with Crippen LogP contribution in [0.1, 0.15) is 15.9 Å². The van der Waals surface area contributed by atoms with E-state index in [9.17, 15) is 4.79 Å². The van der Waals surface area contributed by atoms with Gasteiger partial charge in [0, 0.05) is 18.6 Å². The maximum atomic E-state index is 12.1. The van der Waals surface area contributed by atoms with E-state index in [1.165, 1.54) is 6.26 Å². The highest BCUT2D eigenvalue weighted by Crippen LogP contribution is 2.19. The predicted molar refractivity (Wildman–Crippen MR) is 71.0 cm³/mol. The summed E-state index contributed by atoms with van der Waals surface area (Å²) in [6.45, 7) is 0.484. The Hall–Kier alpha value is -1.45. The summed E-state index contributed by atoms with van der Waals surface area (Å²) in [4.78, 5) is 13.6. The van der Waals surface area contributed by atoms with Gasteiger partial charge < -0.3 is 9.32 Å². The van der Waals surface area contributed by atoms with Gasteiger partial charge >= 0.3 is 0 Å². The SMILES string of the molecule is CN(Cc1ccc(Cl)cc1)C(=O)c1ccoc1Cl. The fraction of sp³-hybridized carbons (Fsp3) is 0.154. The highest BCUT2D eigenvalue weighted by Gasteiger charge is 2.17. The summed E-state index contributed by atoms with van der Waals surface area (Å²) in [6.07, 6.45) is 1.39. The largest absolute Gasteiger partial charge is 0.452 e. The first-order valence-corrected chi connectivity index (χ1v) is 6.06. The molecule has 0 unspecified atom stereocenters. The van der Waals surface area contributed by atoms with Crippen molar-refractivity contribution < 1.29 is 9.21 Å². The Kier molecular flexibility index (Phi) is 3.94. The molecule has 2 aromatic rings. The molecule has 0 fully saturated rings. The first-order chi connectivity index (χ1) is 8.58. The lowest BCUT2D eigenvalue weighted by molar-refractivity contribution is 0.0784. The topological polar surface area (TPSA) is 33.5 Å². The van der Waals surface area contributed by atoms with Gasteiger partial charge in [0.15, 0.2) is 0 Å². The van der Waals surface area contributed by atoms with Gasteiger partial charge in [0.2, 0.25) is 5.22 Å². The number of furan rings is 1. The van der Waals surface area contributed by atoms with Crippen LogP contribution in [0.4, 0.5) is 0 Å². The smallest absolute Gasteiger partial charge is 0.258 e. The van der Waals surface area contributed by atoms with Crippen molar-refractivity contribution >= 4 is 29.1 Å². The molecule has 0 aliphatic heterocycles. The summed E-state index contributed by atoms with van der Waals surface area (Å²) in [5.41, 5.74) is 1.36. The predicted octanol–water partition coefficient (Wildman–Crippen LogP) is 3.86. The summed E-state index contributed by atoms with van der Waals surface area (Å²) in [6, 6.07) is 8.90. The van der Waals surface area contributed by atoms with E-state index in [2.05, 4.69) is 0 Å². The molecule has 1 aromatic carbocycles. The first-order valence-electron chi connectivity index (χ1n) is 5.31. The van der Waals surface area contributed by atoms with Gasteiger partial charge in [-0.1, -0.05) is 23.7 Å². The third-order valence-electron chi connectivity index (χ3n) is 2.53. The Labute approximate surface area is 115 Å². The van der Waals surface area contributed by atoms with Crippen LogP contribution in [0, 0.1) is 0 Å². The Morgan fingerprint density at radius 1 is 1.22 bits per heavy atom. The second kappa shape index (κ2) is 5.46. The quantitative estimate of drug-likeness (QED) is 0.857. The fourth-order valence-electron chi connectivity index (χ4n) is 1.59. The number of hydrogen-bond donors (Lipinski definition) is 0. The van der Waals surface area contributed by atoms with E-state index in [0.717, 1.165) is 5.56 Å². The third-order valence-corrected chi connectivity index (χ3v) is 3.07. The van der Waals surface area contributed by atoms with Crippen molar-refractivity contribution in [3.63, 3.8) is 0 Å². The maximum absolute atomic E-state index is 12.1. The van der Waals surface area contributed by atoms with Gasteiger partial charge in [-0.25, -0.2) is 0 Å². The van der Waals surface area contributed by atoms with E-state index >= 15 is 0 Å². The molecule has 0 saturated carbocycles. The fourth-order valence-corrected chi connectivity index (χ4v) is 1.91. The standard InChI is InChI=1S/C13H11Cl2NO2/c1-16(8-9-2-4-10(14)5-3-9)13(17)11-6-7-18-12(11)15/h2-7H,8H2,1H3. The molecule has 1 aromatic heterocycles. The number of amides is 1. The van der Waals surface area contributed by atoms with Crippen molar-refractivity contribution in [2.24, 2.45) is 0 Å². The molecule has 1 amide bonds. The van der Waals surface area contributed by atoms with Crippen molar-refractivity contribution in [1.29, 1.82) is 0 Å². The molecule has 0 saturated heterocycles. The molecule has 1 heterocycles. The summed E-state index contributed by atoms with van der Waals surface area (Å²) in [5.74, 6) is -0.177. The Morgan fingerprint density at radius 3 is 2.44 bits per heavy atom. The van der Waals surface area contributed by atoms with Crippen molar-refractivity contribution in [3.8, 4) is 0 Å². The molecular formula is C13H11Cl2NO2. The molecule has 0 spiro atoms. The molecule has 0 aliphatic rings. The number of hydrogen-bond acceptors (Lipinski definition) is 2. The monoisotopic (exact) mass is 283 g/mol. The van der Waals surface area contributed by atoms with Crippen molar-refractivity contribution in [3.05, 3.63) is 58.0 Å². The average Bonchev–Trinajstić information content (AvgIpc) is 2.77. The Morgan fingerprint density at radius 2 is 1.89 bits per heavy atom. The Bertz CT molecular complexity index is 548. The highest BCUT2D eigenvalue weighted by molar-refractivity contribution is 6.32. The molecule has 0 radical (unpaired) electrons. The van der Waals surface area contributed by atoms with E-state index in [4.69, 9.17) is 27.6 Å². The van der Waals surface area contributed by atoms with Crippen LogP contribution in [-0.2, 0) is 6.54 Å². The van der Waals surface area contributed by atoms with E-state index in [1.807, 2.05) is 12.1 Å². The molecule has 0 bridgehead atoms. The zero-order valence-electron chi connectivity index (χ0n) is 9.69. The summed E-state index contributed by atoms with van der Waals surface area (Å²) < 4.78 is 4.90. The minimum absolute atomic E-state index is 0.114. The van der Waals surface area contributed by atoms with Crippen LogP contribution >= 0.6 is 23.2 Å². The number of carbonyl (C=O) groups is 1. The summed E-state index contributed by atoms with van der Waals surface area (Å²) >= 11 is 11.6. The minimum Gasteiger partial charge on any atom is -0.452 e. The van der Waals surface area contributed by atoms with Gasteiger partial charge in [0.05, 0.1) is 11.8 Å². The number of halogens is 2. The van der Waals surface area contributed by atoms with Crippen LogP contribution in [0.15, 0.2) is 41.0 Å². The van der Waals surface area contributed by atoms with Crippen LogP contribution in [0.3, 0.4) is 0 Å². The lowest BCUT2D eigenvalue weighted by atomic mass is 10.2. The van der Waals surface area contributed by atoms with E-state index in [1.54, 1.807) is 30.1 Å². The van der Waals surface area contributed by atoms with Crippen LogP contribution in [0.5, 0.6) is 0 Å². The molecule has 3 nitrogen and oxygen atoms in total. The van der Waals surface area contributed by atoms with E-state index < -0.39 is 0 Å². The van der Waals surface area contributed by atoms with Gasteiger partial charge in [-0.05, 0) is 35.4 Å². The maximum Gasteiger partial charge on any atom is 0.258 e. The average molecular weight is 284 g/mol. The molecule has 0 N–H and O–H groups in total. The molecule has 0 atom stereocenters. The molecule has 2 rings (SSSR count). The van der Waals surface area contributed by atoms with Gasteiger partial charge in [-0.2, -0.15) is 0 Å². The molecule has 0 aliphatic carbocycles. The Balaban J connectivity index is 2.08. The number of carbonyl (C=O) groups excluding carboxylic acids is 1. The molecular weight excluding hydrogens is 273 g/mol. The van der Waals surface area contributed by atoms with Gasteiger partial charge in [-0.3, -0.25) is 4.79 Å². The van der Waals surface area contributed by atoms with E-state index in [-0.39, 0.29) is 11.1 Å².